The first-order chi connectivity index (χ1) is 9.09. The molecule has 0 aliphatic heterocycles. The highest BCUT2D eigenvalue weighted by molar-refractivity contribution is 5.85. The highest BCUT2D eigenvalue weighted by atomic mass is 35.5. The minimum atomic E-state index is 0. The van der Waals surface area contributed by atoms with Crippen molar-refractivity contribution in [1.29, 1.82) is 0 Å². The van der Waals surface area contributed by atoms with Gasteiger partial charge in [0.05, 0.1) is 0 Å². The van der Waals surface area contributed by atoms with Crippen LogP contribution in [0.15, 0.2) is 0 Å². The molecule has 0 saturated heterocycles. The van der Waals surface area contributed by atoms with Crippen molar-refractivity contribution in [2.24, 2.45) is 17.6 Å². The Morgan fingerprint density at radius 2 is 1.70 bits per heavy atom. The molecule has 0 bridgehead atoms. The highest BCUT2D eigenvalue weighted by Crippen LogP contribution is 2.30. The van der Waals surface area contributed by atoms with Crippen LogP contribution in [0.2, 0.25) is 0 Å². The summed E-state index contributed by atoms with van der Waals surface area (Å²) >= 11 is 0. The zero-order chi connectivity index (χ0) is 13.8. The number of carbonyl (C=O) groups is 1. The van der Waals surface area contributed by atoms with E-state index < -0.39 is 0 Å². The summed E-state index contributed by atoms with van der Waals surface area (Å²) in [5, 5.41) is 0. The smallest absolute Gasteiger partial charge is 0.222 e. The lowest BCUT2D eigenvalue weighted by Gasteiger charge is -2.37. The lowest BCUT2D eigenvalue weighted by atomic mass is 9.81. The number of nitrogens with zero attached hydrogens (tertiary/aromatic N) is 1. The predicted molar refractivity (Wildman–Crippen MR) is 86.0 cm³/mol. The third-order valence-electron chi connectivity index (χ3n) is 5.36. The fourth-order valence-corrected chi connectivity index (χ4v) is 3.92. The molecule has 3 nitrogen and oxygen atoms in total. The number of amides is 1. The molecule has 118 valence electrons. The number of carbonyl (C=O) groups excluding carboxylic acids is 1. The molecule has 0 aromatic rings. The molecule has 4 unspecified atom stereocenters. The van der Waals surface area contributed by atoms with E-state index in [0.29, 0.717) is 30.2 Å². The van der Waals surface area contributed by atoms with Gasteiger partial charge in [-0.25, -0.2) is 0 Å². The topological polar surface area (TPSA) is 46.3 Å². The predicted octanol–water partition coefficient (Wildman–Crippen LogP) is 3.35. The van der Waals surface area contributed by atoms with Crippen LogP contribution in [0.3, 0.4) is 0 Å². The Bertz CT molecular complexity index is 311. The van der Waals surface area contributed by atoms with E-state index in [9.17, 15) is 4.79 Å². The average Bonchev–Trinajstić information content (AvgIpc) is 2.41. The lowest BCUT2D eigenvalue weighted by molar-refractivity contribution is -0.135. The SMILES string of the molecule is CC1CCCCC1N(C)C(=O)CC1CCCCC1N.Cl. The molecule has 1 amide bonds. The maximum absolute atomic E-state index is 12.5. The first-order valence-electron chi connectivity index (χ1n) is 8.11. The molecule has 20 heavy (non-hydrogen) atoms. The van der Waals surface area contributed by atoms with E-state index in [0.717, 1.165) is 12.8 Å². The number of nitrogens with two attached hydrogens (primary N) is 1. The van der Waals surface area contributed by atoms with Gasteiger partial charge in [0, 0.05) is 25.6 Å². The third-order valence-corrected chi connectivity index (χ3v) is 5.36. The molecule has 2 saturated carbocycles. The van der Waals surface area contributed by atoms with Crippen molar-refractivity contribution in [3.8, 4) is 0 Å². The van der Waals surface area contributed by atoms with Crippen molar-refractivity contribution in [3.63, 3.8) is 0 Å². The number of hydrogen-bond donors (Lipinski definition) is 1. The average molecular weight is 303 g/mol. The van der Waals surface area contributed by atoms with Gasteiger partial charge in [-0.15, -0.1) is 12.4 Å². The Kier molecular flexibility index (Phi) is 7.32. The molecule has 0 spiro atoms. The van der Waals surface area contributed by atoms with E-state index >= 15 is 0 Å². The van der Waals surface area contributed by atoms with Crippen molar-refractivity contribution in [1.82, 2.24) is 4.90 Å². The second-order valence-electron chi connectivity index (χ2n) is 6.75. The fraction of sp³-hybridized carbons (Fsp3) is 0.938. The van der Waals surface area contributed by atoms with Gasteiger partial charge < -0.3 is 10.6 Å². The van der Waals surface area contributed by atoms with Crippen molar-refractivity contribution in [2.45, 2.75) is 76.8 Å². The molecule has 2 fully saturated rings. The van der Waals surface area contributed by atoms with Crippen LogP contribution in [0.1, 0.15) is 64.7 Å². The van der Waals surface area contributed by atoms with Crippen molar-refractivity contribution >= 4 is 18.3 Å². The zero-order valence-electron chi connectivity index (χ0n) is 13.0. The molecule has 4 atom stereocenters. The van der Waals surface area contributed by atoms with Gasteiger partial charge in [-0.05, 0) is 37.5 Å². The van der Waals surface area contributed by atoms with Gasteiger partial charge in [0.1, 0.15) is 0 Å². The van der Waals surface area contributed by atoms with E-state index in [2.05, 4.69) is 6.92 Å². The van der Waals surface area contributed by atoms with Gasteiger partial charge in [0.2, 0.25) is 5.91 Å². The van der Waals surface area contributed by atoms with Crippen LogP contribution in [-0.2, 0) is 4.79 Å². The summed E-state index contributed by atoms with van der Waals surface area (Å²) in [6.07, 6.45) is 10.4. The van der Waals surface area contributed by atoms with Gasteiger partial charge in [-0.1, -0.05) is 32.6 Å². The maximum Gasteiger partial charge on any atom is 0.222 e. The molecule has 0 heterocycles. The van der Waals surface area contributed by atoms with E-state index in [1.807, 2.05) is 11.9 Å². The first-order valence-corrected chi connectivity index (χ1v) is 8.11. The molecule has 2 N–H and O–H groups in total. The molecule has 2 aliphatic rings. The summed E-state index contributed by atoms with van der Waals surface area (Å²) in [5.74, 6) is 1.39. The zero-order valence-corrected chi connectivity index (χ0v) is 13.8. The number of halogens is 1. The van der Waals surface area contributed by atoms with Gasteiger partial charge in [0.15, 0.2) is 0 Å². The van der Waals surface area contributed by atoms with Crippen molar-refractivity contribution in [3.05, 3.63) is 0 Å². The van der Waals surface area contributed by atoms with E-state index in [4.69, 9.17) is 5.73 Å². The molecule has 0 radical (unpaired) electrons. The second kappa shape index (κ2) is 8.23. The summed E-state index contributed by atoms with van der Waals surface area (Å²) < 4.78 is 0. The maximum atomic E-state index is 12.5. The number of hydrogen-bond acceptors (Lipinski definition) is 2. The van der Waals surface area contributed by atoms with Crippen LogP contribution in [0.25, 0.3) is 0 Å². The van der Waals surface area contributed by atoms with Crippen LogP contribution >= 0.6 is 12.4 Å². The Morgan fingerprint density at radius 3 is 2.35 bits per heavy atom. The minimum Gasteiger partial charge on any atom is -0.343 e. The van der Waals surface area contributed by atoms with Crippen LogP contribution in [-0.4, -0.2) is 29.9 Å². The minimum absolute atomic E-state index is 0. The van der Waals surface area contributed by atoms with E-state index in [1.54, 1.807) is 0 Å². The molecule has 4 heteroatoms. The molecule has 2 rings (SSSR count). The van der Waals surface area contributed by atoms with E-state index in [-0.39, 0.29) is 18.4 Å². The Hall–Kier alpha value is -0.280. The molecular weight excluding hydrogens is 272 g/mol. The van der Waals surface area contributed by atoms with Crippen LogP contribution in [0.5, 0.6) is 0 Å². The van der Waals surface area contributed by atoms with E-state index in [1.165, 1.54) is 38.5 Å². The van der Waals surface area contributed by atoms with Crippen LogP contribution < -0.4 is 5.73 Å². The summed E-state index contributed by atoms with van der Waals surface area (Å²) in [6.45, 7) is 2.29. The Morgan fingerprint density at radius 1 is 1.10 bits per heavy atom. The third kappa shape index (κ3) is 4.36. The molecule has 2 aliphatic carbocycles. The van der Waals surface area contributed by atoms with Gasteiger partial charge in [0.25, 0.3) is 0 Å². The first kappa shape index (κ1) is 17.8. The van der Waals surface area contributed by atoms with Crippen LogP contribution in [0, 0.1) is 11.8 Å². The lowest BCUT2D eigenvalue weighted by Crippen LogP contribution is -2.44. The summed E-state index contributed by atoms with van der Waals surface area (Å²) in [6, 6.07) is 0.705. The largest absolute Gasteiger partial charge is 0.343 e. The highest BCUT2D eigenvalue weighted by Gasteiger charge is 2.30. The molecular formula is C16H31ClN2O. The second-order valence-corrected chi connectivity index (χ2v) is 6.75. The quantitative estimate of drug-likeness (QED) is 0.869. The number of rotatable bonds is 3. The normalized spacial score (nSPS) is 34.1. The van der Waals surface area contributed by atoms with Gasteiger partial charge in [-0.2, -0.15) is 0 Å². The Balaban J connectivity index is 0.00000200. The van der Waals surface area contributed by atoms with Crippen LogP contribution in [0.4, 0.5) is 0 Å². The fourth-order valence-electron chi connectivity index (χ4n) is 3.92. The molecule has 0 aromatic heterocycles. The van der Waals surface area contributed by atoms with Gasteiger partial charge in [-0.3, -0.25) is 4.79 Å². The van der Waals surface area contributed by atoms with Crippen molar-refractivity contribution in [2.75, 3.05) is 7.05 Å². The summed E-state index contributed by atoms with van der Waals surface area (Å²) in [5.41, 5.74) is 6.16. The monoisotopic (exact) mass is 302 g/mol. The Labute approximate surface area is 130 Å². The summed E-state index contributed by atoms with van der Waals surface area (Å²) in [7, 11) is 2.00. The summed E-state index contributed by atoms with van der Waals surface area (Å²) in [4.78, 5) is 14.5. The molecule has 0 aromatic carbocycles. The standard InChI is InChI=1S/C16H30N2O.ClH/c1-12-7-3-6-10-15(12)18(2)16(19)11-13-8-4-5-9-14(13)17;/h12-15H,3-11,17H2,1-2H3;1H. The van der Waals surface area contributed by atoms with Gasteiger partial charge >= 0.3 is 0 Å². The van der Waals surface area contributed by atoms with Crippen molar-refractivity contribution < 1.29 is 4.79 Å².